The first-order valence-corrected chi connectivity index (χ1v) is 2.52. The van der Waals surface area contributed by atoms with Crippen LogP contribution < -0.4 is 0 Å². The van der Waals surface area contributed by atoms with Crippen molar-refractivity contribution in [3.63, 3.8) is 0 Å². The van der Waals surface area contributed by atoms with Gasteiger partial charge in [-0.2, -0.15) is 10.1 Å². The van der Waals surface area contributed by atoms with Crippen LogP contribution in [0.1, 0.15) is 6.42 Å². The first kappa shape index (κ1) is 8.59. The second kappa shape index (κ2) is 5.72. The summed E-state index contributed by atoms with van der Waals surface area (Å²) in [5.41, 5.74) is 0. The van der Waals surface area contributed by atoms with Gasteiger partial charge in [0, 0.05) is 0 Å². The second-order valence-corrected chi connectivity index (χ2v) is 1.28. The Morgan fingerprint density at radius 1 is 1.80 bits per heavy atom. The molecule has 0 aliphatic carbocycles. The van der Waals surface area contributed by atoms with E-state index >= 15 is 0 Å². The average molecular weight is 142 g/mol. The van der Waals surface area contributed by atoms with Gasteiger partial charge < -0.3 is 5.41 Å². The molecule has 0 bridgehead atoms. The van der Waals surface area contributed by atoms with E-state index in [0.29, 0.717) is 6.21 Å². The van der Waals surface area contributed by atoms with E-state index in [4.69, 9.17) is 10.7 Å². The maximum atomic E-state index is 10.1. The molecule has 0 aromatic heterocycles. The molecule has 0 fully saturated rings. The van der Waals surface area contributed by atoms with Gasteiger partial charge in [0.15, 0.2) is 0 Å². The minimum absolute atomic E-state index is 0.0378. The first-order valence-electron chi connectivity index (χ1n) is 2.52. The minimum atomic E-state index is -0.877. The molecule has 5 heteroatoms. The summed E-state index contributed by atoms with van der Waals surface area (Å²) in [5, 5.41) is 14.3. The number of hydrogen-bond donors (Lipinski definition) is 1. The van der Waals surface area contributed by atoms with Gasteiger partial charge in [-0.1, -0.05) is 0 Å². The smallest absolute Gasteiger partial charge is 0.301 e. The zero-order chi connectivity index (χ0) is 7.82. The van der Waals surface area contributed by atoms with E-state index in [2.05, 4.69) is 9.78 Å². The van der Waals surface area contributed by atoms with Crippen LogP contribution in [0.25, 0.3) is 0 Å². The quantitative estimate of drug-likeness (QED) is 0.259. The molecule has 10 heavy (non-hydrogen) atoms. The van der Waals surface area contributed by atoms with Crippen LogP contribution in [0, 0.1) is 16.7 Å². The monoisotopic (exact) mass is 142 g/mol. The molecule has 0 saturated carbocycles. The molecular weight excluding hydrogens is 136 g/mol. The van der Waals surface area contributed by atoms with Crippen molar-refractivity contribution in [2.45, 2.75) is 6.42 Å². The molecular formula is C5H6N2O3. The van der Waals surface area contributed by atoms with Crippen LogP contribution in [0.4, 0.5) is 0 Å². The molecule has 0 aromatic carbocycles. The molecule has 0 spiro atoms. The van der Waals surface area contributed by atoms with Crippen molar-refractivity contribution in [2.24, 2.45) is 0 Å². The minimum Gasteiger partial charge on any atom is -0.301 e. The first-order chi connectivity index (χ1) is 4.81. The summed E-state index contributed by atoms with van der Waals surface area (Å²) in [7, 11) is 0. The lowest BCUT2D eigenvalue weighted by Crippen LogP contribution is -2.06. The van der Waals surface area contributed by atoms with Crippen LogP contribution in [0.3, 0.4) is 0 Å². The molecule has 0 aromatic rings. The van der Waals surface area contributed by atoms with Crippen molar-refractivity contribution in [1.29, 1.82) is 10.7 Å². The highest BCUT2D eigenvalue weighted by atomic mass is 17.2. The van der Waals surface area contributed by atoms with Gasteiger partial charge in [-0.25, -0.2) is 4.79 Å². The molecule has 0 atom stereocenters. The SMILES string of the molecule is N#CCCOOC(=O)C=N. The summed E-state index contributed by atoms with van der Waals surface area (Å²) in [6.07, 6.45) is 0.637. The summed E-state index contributed by atoms with van der Waals surface area (Å²) in [4.78, 5) is 18.3. The van der Waals surface area contributed by atoms with Crippen molar-refractivity contribution in [1.82, 2.24) is 0 Å². The van der Waals surface area contributed by atoms with E-state index in [9.17, 15) is 4.79 Å². The third kappa shape index (κ3) is 4.74. The van der Waals surface area contributed by atoms with Crippen LogP contribution >= 0.6 is 0 Å². The maximum absolute atomic E-state index is 10.1. The van der Waals surface area contributed by atoms with E-state index in [1.807, 2.05) is 0 Å². The lowest BCUT2D eigenvalue weighted by molar-refractivity contribution is -0.263. The van der Waals surface area contributed by atoms with Gasteiger partial charge in [0.2, 0.25) is 0 Å². The highest BCUT2D eigenvalue weighted by Gasteiger charge is 1.95. The van der Waals surface area contributed by atoms with Crippen molar-refractivity contribution >= 4 is 12.2 Å². The predicted octanol–water partition coefficient (Wildman–Crippen LogP) is 0.0245. The number of nitriles is 1. The zero-order valence-electron chi connectivity index (χ0n) is 5.16. The Bertz CT molecular complexity index is 161. The number of nitrogens with zero attached hydrogens (tertiary/aromatic N) is 1. The molecule has 5 nitrogen and oxygen atoms in total. The van der Waals surface area contributed by atoms with Gasteiger partial charge in [0.1, 0.15) is 12.8 Å². The fourth-order valence-electron chi connectivity index (χ4n) is 0.211. The van der Waals surface area contributed by atoms with Crippen LogP contribution in [-0.4, -0.2) is 18.8 Å². The molecule has 0 heterocycles. The third-order valence-corrected chi connectivity index (χ3v) is 0.556. The Morgan fingerprint density at radius 3 is 3.00 bits per heavy atom. The number of hydrogen-bond acceptors (Lipinski definition) is 5. The largest absolute Gasteiger partial charge is 0.383 e. The molecule has 54 valence electrons. The Kier molecular flexibility index (Phi) is 4.91. The number of carbonyl (C=O) groups excluding carboxylic acids is 1. The molecule has 0 radical (unpaired) electrons. The van der Waals surface area contributed by atoms with Gasteiger partial charge in [0.05, 0.1) is 12.5 Å². The van der Waals surface area contributed by atoms with E-state index in [-0.39, 0.29) is 13.0 Å². The van der Waals surface area contributed by atoms with Crippen molar-refractivity contribution < 1.29 is 14.6 Å². The standard InChI is InChI=1S/C5H6N2O3/c6-2-1-3-9-10-5(8)4-7/h4,7H,1,3H2. The lowest BCUT2D eigenvalue weighted by atomic mass is 10.5. The van der Waals surface area contributed by atoms with Crippen LogP contribution in [0.15, 0.2) is 0 Å². The molecule has 0 unspecified atom stereocenters. The molecule has 1 N–H and O–H groups in total. The number of carbonyl (C=O) groups is 1. The zero-order valence-corrected chi connectivity index (χ0v) is 5.16. The van der Waals surface area contributed by atoms with Crippen molar-refractivity contribution in [2.75, 3.05) is 6.61 Å². The maximum Gasteiger partial charge on any atom is 0.383 e. The number of nitrogens with one attached hydrogen (secondary N) is 1. The van der Waals surface area contributed by atoms with Gasteiger partial charge in [-0.3, -0.25) is 4.89 Å². The van der Waals surface area contributed by atoms with E-state index < -0.39 is 5.97 Å². The molecule has 0 rings (SSSR count). The second-order valence-electron chi connectivity index (χ2n) is 1.28. The summed E-state index contributed by atoms with van der Waals surface area (Å²) >= 11 is 0. The van der Waals surface area contributed by atoms with Crippen LogP contribution in [0.2, 0.25) is 0 Å². The van der Waals surface area contributed by atoms with Gasteiger partial charge in [0.25, 0.3) is 0 Å². The van der Waals surface area contributed by atoms with Crippen LogP contribution in [0.5, 0.6) is 0 Å². The average Bonchev–Trinajstić information content (AvgIpc) is 1.98. The Hall–Kier alpha value is -1.41. The van der Waals surface area contributed by atoms with Gasteiger partial charge >= 0.3 is 5.97 Å². The Balaban J connectivity index is 3.13. The highest BCUT2D eigenvalue weighted by Crippen LogP contribution is 1.81. The summed E-state index contributed by atoms with van der Waals surface area (Å²) in [5.74, 6) is -0.877. The Morgan fingerprint density at radius 2 is 2.50 bits per heavy atom. The summed E-state index contributed by atoms with van der Waals surface area (Å²) in [6.45, 7) is 0.0378. The van der Waals surface area contributed by atoms with Gasteiger partial charge in [-0.15, -0.1) is 0 Å². The molecule has 0 saturated heterocycles. The van der Waals surface area contributed by atoms with Crippen LogP contribution in [-0.2, 0) is 14.6 Å². The predicted molar refractivity (Wildman–Crippen MR) is 31.1 cm³/mol. The summed E-state index contributed by atoms with van der Waals surface area (Å²) < 4.78 is 0. The molecule has 0 amide bonds. The van der Waals surface area contributed by atoms with E-state index in [1.54, 1.807) is 6.07 Å². The Labute approximate surface area is 57.6 Å². The lowest BCUT2D eigenvalue weighted by Gasteiger charge is -1.94. The topological polar surface area (TPSA) is 83.2 Å². The normalized spacial score (nSPS) is 7.90. The number of rotatable bonds is 4. The fraction of sp³-hybridized carbons (Fsp3) is 0.400. The molecule has 0 aliphatic heterocycles. The van der Waals surface area contributed by atoms with E-state index in [1.165, 1.54) is 0 Å². The molecule has 0 aliphatic rings. The van der Waals surface area contributed by atoms with Crippen molar-refractivity contribution in [3.8, 4) is 6.07 Å². The highest BCUT2D eigenvalue weighted by molar-refractivity contribution is 6.21. The third-order valence-electron chi connectivity index (χ3n) is 0.556. The van der Waals surface area contributed by atoms with E-state index in [0.717, 1.165) is 0 Å². The van der Waals surface area contributed by atoms with Gasteiger partial charge in [-0.05, 0) is 0 Å². The summed E-state index contributed by atoms with van der Waals surface area (Å²) in [6, 6.07) is 1.79. The van der Waals surface area contributed by atoms with Crippen molar-refractivity contribution in [3.05, 3.63) is 0 Å². The fourth-order valence-corrected chi connectivity index (χ4v) is 0.211.